The van der Waals surface area contributed by atoms with Crippen molar-refractivity contribution in [3.63, 3.8) is 0 Å². The second kappa shape index (κ2) is 8.07. The molecular weight excluding hydrogens is 406 g/mol. The third-order valence-corrected chi connectivity index (χ3v) is 5.41. The molecule has 5 rings (SSSR count). The van der Waals surface area contributed by atoms with E-state index in [2.05, 4.69) is 20.8 Å². The highest BCUT2D eigenvalue weighted by molar-refractivity contribution is 6.05. The minimum absolute atomic E-state index is 0.267. The van der Waals surface area contributed by atoms with Crippen LogP contribution in [-0.2, 0) is 18.2 Å². The number of amides is 1. The molecule has 1 N–H and O–H groups in total. The first kappa shape index (κ1) is 19.6. The number of nitrogens with zero attached hydrogens (tertiary/aromatic N) is 4. The lowest BCUT2D eigenvalue weighted by Crippen LogP contribution is -2.23. The van der Waals surface area contributed by atoms with Crippen LogP contribution >= 0.6 is 0 Å². The molecule has 0 saturated heterocycles. The fourth-order valence-electron chi connectivity index (χ4n) is 3.80. The van der Waals surface area contributed by atoms with Gasteiger partial charge in [-0.25, -0.2) is 9.48 Å². The molecule has 158 valence electrons. The third-order valence-electron chi connectivity index (χ3n) is 5.41. The van der Waals surface area contributed by atoms with E-state index in [9.17, 15) is 9.59 Å². The molecule has 1 aromatic heterocycles. The maximum absolute atomic E-state index is 12.9. The number of cyclic esters (lactones) is 1. The summed E-state index contributed by atoms with van der Waals surface area (Å²) in [6.45, 7) is 0. The van der Waals surface area contributed by atoms with Gasteiger partial charge in [0.05, 0.1) is 5.56 Å². The Morgan fingerprint density at radius 2 is 1.91 bits per heavy atom. The Labute approximate surface area is 183 Å². The summed E-state index contributed by atoms with van der Waals surface area (Å²) in [5, 5.41) is 14.4. The van der Waals surface area contributed by atoms with Gasteiger partial charge in [0.15, 0.2) is 5.82 Å². The monoisotopic (exact) mass is 425 g/mol. The summed E-state index contributed by atoms with van der Waals surface area (Å²) >= 11 is 0. The number of carbonyl (C=O) groups is 2. The van der Waals surface area contributed by atoms with Gasteiger partial charge in [-0.3, -0.25) is 4.79 Å². The maximum Gasteiger partial charge on any atom is 0.339 e. The summed E-state index contributed by atoms with van der Waals surface area (Å²) in [5.41, 5.74) is 4.09. The number of tetrazole rings is 1. The lowest BCUT2D eigenvalue weighted by atomic mass is 9.93. The van der Waals surface area contributed by atoms with Crippen molar-refractivity contribution in [3.05, 3.63) is 95.1 Å². The summed E-state index contributed by atoms with van der Waals surface area (Å²) in [6.07, 6.45) is 0.145. The second-order valence-electron chi connectivity index (χ2n) is 7.54. The van der Waals surface area contributed by atoms with Crippen molar-refractivity contribution in [2.75, 3.05) is 5.32 Å². The number of esters is 1. The first-order valence-electron chi connectivity index (χ1n) is 10.1. The average Bonchev–Trinajstić information content (AvgIpc) is 3.25. The van der Waals surface area contributed by atoms with Crippen LogP contribution in [0.3, 0.4) is 0 Å². The molecule has 4 aromatic rings. The van der Waals surface area contributed by atoms with Crippen LogP contribution in [0.5, 0.6) is 0 Å². The molecule has 8 heteroatoms. The second-order valence-corrected chi connectivity index (χ2v) is 7.54. The largest absolute Gasteiger partial charge is 0.454 e. The molecule has 0 aliphatic carbocycles. The highest BCUT2D eigenvalue weighted by atomic mass is 16.5. The highest BCUT2D eigenvalue weighted by Gasteiger charge is 2.28. The minimum atomic E-state index is -0.378. The summed E-state index contributed by atoms with van der Waals surface area (Å²) in [6, 6.07) is 21.9. The standard InChI is InChI=1S/C24H19N5O3/c1-29-22(26-27-28-29)16-8-5-9-19(13-16)25-23(30)17-10-11-20-18(12-17)14-21(32-24(20)31)15-6-3-2-4-7-15/h2-13,21H,14H2,1H3,(H,25,30). The van der Waals surface area contributed by atoms with Crippen molar-refractivity contribution < 1.29 is 14.3 Å². The average molecular weight is 425 g/mol. The van der Waals surface area contributed by atoms with E-state index in [1.807, 2.05) is 48.5 Å². The summed E-state index contributed by atoms with van der Waals surface area (Å²) < 4.78 is 7.16. The van der Waals surface area contributed by atoms with Gasteiger partial charge in [-0.1, -0.05) is 42.5 Å². The molecule has 0 radical (unpaired) electrons. The number of nitrogens with one attached hydrogen (secondary N) is 1. The van der Waals surface area contributed by atoms with Crippen molar-refractivity contribution in [2.24, 2.45) is 7.05 Å². The predicted octanol–water partition coefficient (Wildman–Crippen LogP) is 3.58. The van der Waals surface area contributed by atoms with Gasteiger partial charge in [0.25, 0.3) is 5.91 Å². The molecule has 3 aromatic carbocycles. The number of fused-ring (bicyclic) bond motifs is 1. The van der Waals surface area contributed by atoms with Gasteiger partial charge in [0, 0.05) is 30.3 Å². The van der Waals surface area contributed by atoms with E-state index in [0.717, 1.165) is 16.7 Å². The summed E-state index contributed by atoms with van der Waals surface area (Å²) in [4.78, 5) is 25.4. The Bertz CT molecular complexity index is 1320. The van der Waals surface area contributed by atoms with Crippen LogP contribution in [0.1, 0.15) is 37.9 Å². The molecule has 0 bridgehead atoms. The van der Waals surface area contributed by atoms with Gasteiger partial charge < -0.3 is 10.1 Å². The van der Waals surface area contributed by atoms with Gasteiger partial charge in [0.2, 0.25) is 0 Å². The molecule has 1 aliphatic heterocycles. The Kier molecular flexibility index (Phi) is 4.95. The van der Waals surface area contributed by atoms with Crippen LogP contribution in [0.4, 0.5) is 5.69 Å². The first-order valence-corrected chi connectivity index (χ1v) is 10.1. The van der Waals surface area contributed by atoms with E-state index in [1.54, 1.807) is 36.0 Å². The van der Waals surface area contributed by atoms with E-state index in [-0.39, 0.29) is 18.0 Å². The smallest absolute Gasteiger partial charge is 0.339 e. The molecule has 32 heavy (non-hydrogen) atoms. The highest BCUT2D eigenvalue weighted by Crippen LogP contribution is 2.31. The van der Waals surface area contributed by atoms with E-state index < -0.39 is 0 Å². The van der Waals surface area contributed by atoms with Gasteiger partial charge >= 0.3 is 5.97 Å². The number of anilines is 1. The molecule has 1 unspecified atom stereocenters. The fourth-order valence-corrected chi connectivity index (χ4v) is 3.80. The third kappa shape index (κ3) is 3.74. The fraction of sp³-hybridized carbons (Fsp3) is 0.125. The van der Waals surface area contributed by atoms with Crippen molar-refractivity contribution >= 4 is 17.6 Å². The normalized spacial score (nSPS) is 15.0. The van der Waals surface area contributed by atoms with Crippen molar-refractivity contribution in [1.82, 2.24) is 20.2 Å². The number of aryl methyl sites for hydroxylation is 1. The predicted molar refractivity (Wildman–Crippen MR) is 117 cm³/mol. The number of benzene rings is 3. The van der Waals surface area contributed by atoms with Crippen molar-refractivity contribution in [2.45, 2.75) is 12.5 Å². The van der Waals surface area contributed by atoms with Crippen LogP contribution in [0.25, 0.3) is 11.4 Å². The molecule has 1 amide bonds. The number of hydrogen-bond acceptors (Lipinski definition) is 6. The molecule has 2 heterocycles. The minimum Gasteiger partial charge on any atom is -0.454 e. The van der Waals surface area contributed by atoms with Crippen LogP contribution in [-0.4, -0.2) is 32.1 Å². The van der Waals surface area contributed by atoms with Crippen molar-refractivity contribution in [3.8, 4) is 11.4 Å². The topological polar surface area (TPSA) is 99.0 Å². The lowest BCUT2D eigenvalue weighted by molar-refractivity contribution is 0.0252. The zero-order chi connectivity index (χ0) is 22.1. The van der Waals surface area contributed by atoms with E-state index in [0.29, 0.717) is 29.1 Å². The van der Waals surface area contributed by atoms with E-state index >= 15 is 0 Å². The van der Waals surface area contributed by atoms with Crippen LogP contribution in [0, 0.1) is 0 Å². The molecule has 0 fully saturated rings. The van der Waals surface area contributed by atoms with E-state index in [1.165, 1.54) is 0 Å². The summed E-state index contributed by atoms with van der Waals surface area (Å²) in [5.74, 6) is -0.0476. The quantitative estimate of drug-likeness (QED) is 0.502. The van der Waals surface area contributed by atoms with Crippen LogP contribution in [0.2, 0.25) is 0 Å². The Balaban J connectivity index is 1.38. The molecule has 1 aliphatic rings. The number of rotatable bonds is 4. The molecule has 0 spiro atoms. The van der Waals surface area contributed by atoms with Gasteiger partial charge in [-0.05, 0) is 51.9 Å². The van der Waals surface area contributed by atoms with Gasteiger partial charge in [-0.2, -0.15) is 0 Å². The number of aromatic nitrogens is 4. The number of hydrogen-bond donors (Lipinski definition) is 1. The zero-order valence-corrected chi connectivity index (χ0v) is 17.2. The van der Waals surface area contributed by atoms with Crippen molar-refractivity contribution in [1.29, 1.82) is 0 Å². The molecular formula is C24H19N5O3. The van der Waals surface area contributed by atoms with Crippen LogP contribution in [0.15, 0.2) is 72.8 Å². The van der Waals surface area contributed by atoms with E-state index in [4.69, 9.17) is 4.74 Å². The number of ether oxygens (including phenoxy) is 1. The molecule has 8 nitrogen and oxygen atoms in total. The Morgan fingerprint density at radius 3 is 2.69 bits per heavy atom. The Morgan fingerprint density at radius 1 is 1.06 bits per heavy atom. The Hall–Kier alpha value is -4.33. The SMILES string of the molecule is Cn1nnnc1-c1cccc(NC(=O)c2ccc3c(c2)CC(c2ccccc2)OC3=O)c1. The lowest BCUT2D eigenvalue weighted by Gasteiger charge is -2.25. The first-order chi connectivity index (χ1) is 15.6. The van der Waals surface area contributed by atoms with Gasteiger partial charge in [0.1, 0.15) is 6.10 Å². The van der Waals surface area contributed by atoms with Crippen LogP contribution < -0.4 is 5.32 Å². The van der Waals surface area contributed by atoms with Gasteiger partial charge in [-0.15, -0.1) is 5.10 Å². The number of carbonyl (C=O) groups excluding carboxylic acids is 2. The molecule has 1 atom stereocenters. The maximum atomic E-state index is 12.9. The zero-order valence-electron chi connectivity index (χ0n) is 17.2. The summed E-state index contributed by atoms with van der Waals surface area (Å²) in [7, 11) is 1.75. The molecule has 0 saturated carbocycles.